The van der Waals surface area contributed by atoms with Gasteiger partial charge in [0.15, 0.2) is 0 Å². The molecule has 0 atom stereocenters. The van der Waals surface area contributed by atoms with E-state index < -0.39 is 6.09 Å². The first kappa shape index (κ1) is 17.2. The quantitative estimate of drug-likeness (QED) is 0.509. The number of hydrogen-bond donors (Lipinski definition) is 2. The third-order valence-electron chi connectivity index (χ3n) is 2.75. The van der Waals surface area contributed by atoms with Gasteiger partial charge in [-0.05, 0) is 25.0 Å². The summed E-state index contributed by atoms with van der Waals surface area (Å²) in [5, 5.41) is 4.64. The maximum absolute atomic E-state index is 11.1. The molecular formula is C13H21IN2O2. The van der Waals surface area contributed by atoms with Crippen LogP contribution in [0.5, 0.6) is 5.75 Å². The minimum atomic E-state index is -0.440. The summed E-state index contributed by atoms with van der Waals surface area (Å²) < 4.78 is 5.08. The topological polar surface area (TPSA) is 54.9 Å². The van der Waals surface area contributed by atoms with Gasteiger partial charge in [0.05, 0.1) is 6.04 Å². The van der Waals surface area contributed by atoms with Crippen LogP contribution in [0.15, 0.2) is 24.3 Å². The molecule has 0 heterocycles. The monoisotopic (exact) mass is 364 g/mol. The van der Waals surface area contributed by atoms with Gasteiger partial charge in [0.2, 0.25) is 0 Å². The lowest BCUT2D eigenvalue weighted by Gasteiger charge is -2.11. The Labute approximate surface area is 126 Å². The molecule has 18 heavy (non-hydrogen) atoms. The van der Waals surface area contributed by atoms with E-state index in [1.807, 2.05) is 18.2 Å². The van der Waals surface area contributed by atoms with Crippen LogP contribution in [-0.4, -0.2) is 19.2 Å². The van der Waals surface area contributed by atoms with Crippen LogP contribution in [0.25, 0.3) is 0 Å². The molecule has 0 aromatic heterocycles. The van der Waals surface area contributed by atoms with Gasteiger partial charge in [-0.15, -0.1) is 0 Å². The molecule has 0 aliphatic carbocycles. The Bertz CT molecular complexity index is 368. The first-order chi connectivity index (χ1) is 8.19. The fourth-order valence-electron chi connectivity index (χ4n) is 1.64. The molecule has 0 aliphatic rings. The van der Waals surface area contributed by atoms with Crippen molar-refractivity contribution >= 4 is 11.8 Å². The van der Waals surface area contributed by atoms with Crippen molar-refractivity contribution < 1.29 is 38.8 Å². The highest BCUT2D eigenvalue weighted by molar-refractivity contribution is 5.70. The molecule has 0 bridgehead atoms. The van der Waals surface area contributed by atoms with Gasteiger partial charge in [-0.3, -0.25) is 0 Å². The molecule has 0 aliphatic heterocycles. The predicted octanol–water partition coefficient (Wildman–Crippen LogP) is -1.21. The molecule has 1 rings (SSSR count). The fourth-order valence-corrected chi connectivity index (χ4v) is 1.64. The summed E-state index contributed by atoms with van der Waals surface area (Å²) in [5.74, 6) is 0.573. The summed E-state index contributed by atoms with van der Waals surface area (Å²) in [6.07, 6.45) is 1.80. The Morgan fingerprint density at radius 1 is 1.39 bits per heavy atom. The van der Waals surface area contributed by atoms with Gasteiger partial charge < -0.3 is 39.3 Å². The highest BCUT2D eigenvalue weighted by Gasteiger charge is 2.09. The van der Waals surface area contributed by atoms with E-state index >= 15 is 0 Å². The molecule has 1 amide bonds. The zero-order valence-corrected chi connectivity index (χ0v) is 13.2. The van der Waals surface area contributed by atoms with Crippen LogP contribution >= 0.6 is 0 Å². The number of carbonyl (C=O) groups excluding carboxylic acids is 1. The zero-order valence-electron chi connectivity index (χ0n) is 11.1. The van der Waals surface area contributed by atoms with Crippen molar-refractivity contribution in [1.82, 2.24) is 5.32 Å². The van der Waals surface area contributed by atoms with Crippen LogP contribution in [0, 0.1) is 0 Å². The molecule has 4 nitrogen and oxygen atoms in total. The van der Waals surface area contributed by atoms with Gasteiger partial charge in [-0.25, -0.2) is 4.79 Å². The van der Waals surface area contributed by atoms with Gasteiger partial charge in [0.25, 0.3) is 0 Å². The number of rotatable bonds is 5. The summed E-state index contributed by atoms with van der Waals surface area (Å²) in [6.45, 7) is 4.35. The fraction of sp³-hybridized carbons (Fsp3) is 0.462. The molecular weight excluding hydrogens is 343 g/mol. The number of hydrogen-bond acceptors (Lipinski definition) is 2. The van der Waals surface area contributed by atoms with Crippen molar-refractivity contribution in [2.75, 3.05) is 7.05 Å². The smallest absolute Gasteiger partial charge is 0.412 e. The Morgan fingerprint density at radius 2 is 2.06 bits per heavy atom. The Balaban J connectivity index is 0.00000289. The van der Waals surface area contributed by atoms with E-state index in [1.165, 1.54) is 0 Å². The number of nitrogens with two attached hydrogens (primary N) is 1. The zero-order chi connectivity index (χ0) is 12.7. The standard InChI is InChI=1S/C13H20N2O2.HI/c1-4-10(5-2)15-11-7-6-8-12(9-11)17-13(16)14-3;/h6-10,15H,4-5H2,1-3H3,(H,14,16);1H. The highest BCUT2D eigenvalue weighted by atomic mass is 127. The van der Waals surface area contributed by atoms with Gasteiger partial charge in [-0.1, -0.05) is 19.9 Å². The second-order valence-corrected chi connectivity index (χ2v) is 3.96. The van der Waals surface area contributed by atoms with Crippen molar-refractivity contribution in [2.45, 2.75) is 32.7 Å². The average molecular weight is 364 g/mol. The van der Waals surface area contributed by atoms with Crippen molar-refractivity contribution in [1.29, 1.82) is 0 Å². The maximum Gasteiger partial charge on any atom is 0.412 e. The Kier molecular flexibility index (Phi) is 8.74. The molecule has 0 radical (unpaired) electrons. The van der Waals surface area contributed by atoms with Crippen molar-refractivity contribution in [3.63, 3.8) is 0 Å². The van der Waals surface area contributed by atoms with Crippen molar-refractivity contribution in [3.8, 4) is 5.75 Å². The van der Waals surface area contributed by atoms with E-state index in [0.717, 1.165) is 18.5 Å². The molecule has 1 aromatic carbocycles. The number of carbonyl (C=O) groups is 1. The van der Waals surface area contributed by atoms with Gasteiger partial charge in [-0.2, -0.15) is 0 Å². The number of ether oxygens (including phenoxy) is 1. The predicted molar refractivity (Wildman–Crippen MR) is 67.5 cm³/mol. The third-order valence-corrected chi connectivity index (χ3v) is 2.75. The van der Waals surface area contributed by atoms with E-state index in [2.05, 4.69) is 24.5 Å². The lowest BCUT2D eigenvalue weighted by atomic mass is 10.1. The summed E-state index contributed by atoms with van der Waals surface area (Å²) >= 11 is 0. The first-order valence-electron chi connectivity index (χ1n) is 6.04. The molecule has 0 saturated heterocycles. The molecule has 0 unspecified atom stereocenters. The van der Waals surface area contributed by atoms with E-state index in [-0.39, 0.29) is 24.0 Å². The largest absolute Gasteiger partial charge is 1.00 e. The van der Waals surface area contributed by atoms with Gasteiger partial charge in [0, 0.05) is 13.1 Å². The lowest BCUT2D eigenvalue weighted by molar-refractivity contribution is -0.611. The summed E-state index contributed by atoms with van der Waals surface area (Å²) in [7, 11) is 1.54. The number of halogens is 1. The SMILES string of the molecule is CCC(CC)[NH2+]c1cccc(OC(=O)NC)c1.[I-]. The summed E-state index contributed by atoms with van der Waals surface area (Å²) in [6, 6.07) is 8.15. The molecule has 5 heteroatoms. The number of quaternary nitrogens is 1. The van der Waals surface area contributed by atoms with Crippen molar-refractivity contribution in [3.05, 3.63) is 24.3 Å². The molecule has 0 fully saturated rings. The number of benzene rings is 1. The maximum atomic E-state index is 11.1. The molecule has 3 N–H and O–H groups in total. The summed E-state index contributed by atoms with van der Waals surface area (Å²) in [4.78, 5) is 11.1. The molecule has 0 saturated carbocycles. The Morgan fingerprint density at radius 3 is 2.61 bits per heavy atom. The van der Waals surface area contributed by atoms with Crippen LogP contribution in [0.2, 0.25) is 0 Å². The molecule has 102 valence electrons. The number of nitrogens with one attached hydrogen (secondary N) is 1. The van der Waals surface area contributed by atoms with E-state index in [1.54, 1.807) is 13.1 Å². The first-order valence-corrected chi connectivity index (χ1v) is 6.04. The molecule has 0 spiro atoms. The van der Waals surface area contributed by atoms with Gasteiger partial charge >= 0.3 is 6.09 Å². The van der Waals surface area contributed by atoms with Gasteiger partial charge in [0.1, 0.15) is 11.4 Å². The minimum absolute atomic E-state index is 0. The number of amides is 1. The lowest BCUT2D eigenvalue weighted by Crippen LogP contribution is -3.00. The minimum Gasteiger partial charge on any atom is -1.00 e. The van der Waals surface area contributed by atoms with E-state index in [9.17, 15) is 4.79 Å². The second-order valence-electron chi connectivity index (χ2n) is 3.96. The van der Waals surface area contributed by atoms with Crippen LogP contribution in [0.3, 0.4) is 0 Å². The van der Waals surface area contributed by atoms with E-state index in [4.69, 9.17) is 4.74 Å². The second kappa shape index (κ2) is 9.16. The highest BCUT2D eigenvalue weighted by Crippen LogP contribution is 2.14. The Hall–Kier alpha value is -0.820. The van der Waals surface area contributed by atoms with Crippen molar-refractivity contribution in [2.24, 2.45) is 0 Å². The van der Waals surface area contributed by atoms with Crippen LogP contribution in [-0.2, 0) is 0 Å². The van der Waals surface area contributed by atoms with E-state index in [0.29, 0.717) is 11.8 Å². The third kappa shape index (κ3) is 5.68. The normalized spacial score (nSPS) is 9.78. The van der Waals surface area contributed by atoms with Crippen LogP contribution in [0.1, 0.15) is 26.7 Å². The van der Waals surface area contributed by atoms with Crippen LogP contribution in [0.4, 0.5) is 10.5 Å². The summed E-state index contributed by atoms with van der Waals surface area (Å²) in [5.41, 5.74) is 1.10. The van der Waals surface area contributed by atoms with Crippen LogP contribution < -0.4 is 39.3 Å². The molecule has 1 aromatic rings. The average Bonchev–Trinajstić information content (AvgIpc) is 2.36.